The molecule has 2 rings (SSSR count). The number of rotatable bonds is 2. The Kier molecular flexibility index (Phi) is 3.06. The second kappa shape index (κ2) is 4.67. The van der Waals surface area contributed by atoms with E-state index in [0.717, 1.165) is 0 Å². The Labute approximate surface area is 98.9 Å². The highest BCUT2D eigenvalue weighted by molar-refractivity contribution is 5.71. The van der Waals surface area contributed by atoms with Crippen LogP contribution in [0, 0.1) is 17.1 Å². The molecular formula is C14H10FNO. The standard InChI is InChI=1S/C14H10FNO/c1-17-13-4-2-3-12(15)14(13)11-7-5-10(9-16)6-8-11/h2-8H,1H3. The second-order valence-electron chi connectivity index (χ2n) is 3.51. The summed E-state index contributed by atoms with van der Waals surface area (Å²) in [7, 11) is 1.50. The monoisotopic (exact) mass is 227 g/mol. The van der Waals surface area contributed by atoms with Gasteiger partial charge in [0, 0.05) is 0 Å². The zero-order valence-corrected chi connectivity index (χ0v) is 9.27. The number of hydrogen-bond acceptors (Lipinski definition) is 2. The first-order chi connectivity index (χ1) is 8.26. The highest BCUT2D eigenvalue weighted by Crippen LogP contribution is 2.32. The van der Waals surface area contributed by atoms with Gasteiger partial charge in [-0.2, -0.15) is 5.26 Å². The highest BCUT2D eigenvalue weighted by Gasteiger charge is 2.10. The molecule has 0 heterocycles. The van der Waals surface area contributed by atoms with Crippen molar-refractivity contribution in [3.63, 3.8) is 0 Å². The molecule has 2 nitrogen and oxygen atoms in total. The third-order valence-electron chi connectivity index (χ3n) is 2.50. The van der Waals surface area contributed by atoms with E-state index in [4.69, 9.17) is 10.00 Å². The molecule has 0 fully saturated rings. The van der Waals surface area contributed by atoms with Crippen LogP contribution in [0.3, 0.4) is 0 Å². The number of halogens is 1. The fraction of sp³-hybridized carbons (Fsp3) is 0.0714. The van der Waals surface area contributed by atoms with E-state index >= 15 is 0 Å². The quantitative estimate of drug-likeness (QED) is 0.788. The zero-order valence-electron chi connectivity index (χ0n) is 9.27. The molecule has 0 radical (unpaired) electrons. The van der Waals surface area contributed by atoms with Gasteiger partial charge in [-0.15, -0.1) is 0 Å². The molecule has 0 aliphatic rings. The van der Waals surface area contributed by atoms with Crippen molar-refractivity contribution in [2.24, 2.45) is 0 Å². The molecule has 2 aromatic rings. The van der Waals surface area contributed by atoms with E-state index in [-0.39, 0.29) is 5.82 Å². The van der Waals surface area contributed by atoms with Gasteiger partial charge in [0.05, 0.1) is 24.3 Å². The third kappa shape index (κ3) is 2.11. The van der Waals surface area contributed by atoms with Crippen molar-refractivity contribution >= 4 is 0 Å². The van der Waals surface area contributed by atoms with Gasteiger partial charge in [0.2, 0.25) is 0 Å². The molecule has 2 aromatic carbocycles. The molecule has 0 N–H and O–H groups in total. The summed E-state index contributed by atoms with van der Waals surface area (Å²) in [5, 5.41) is 8.71. The fourth-order valence-electron chi connectivity index (χ4n) is 1.67. The van der Waals surface area contributed by atoms with Crippen molar-refractivity contribution in [1.29, 1.82) is 5.26 Å². The molecule has 0 aromatic heterocycles. The molecule has 0 bridgehead atoms. The van der Waals surface area contributed by atoms with Crippen molar-refractivity contribution in [3.05, 3.63) is 53.8 Å². The summed E-state index contributed by atoms with van der Waals surface area (Å²) in [4.78, 5) is 0. The zero-order chi connectivity index (χ0) is 12.3. The average Bonchev–Trinajstić information content (AvgIpc) is 2.38. The number of benzene rings is 2. The molecule has 0 atom stereocenters. The predicted octanol–water partition coefficient (Wildman–Crippen LogP) is 3.37. The Morgan fingerprint density at radius 2 is 1.82 bits per heavy atom. The summed E-state index contributed by atoms with van der Waals surface area (Å²) in [5.41, 5.74) is 1.66. The van der Waals surface area contributed by atoms with E-state index in [9.17, 15) is 4.39 Å². The highest BCUT2D eigenvalue weighted by atomic mass is 19.1. The molecular weight excluding hydrogens is 217 g/mol. The summed E-state index contributed by atoms with van der Waals surface area (Å²) in [6, 6.07) is 13.4. The maximum absolute atomic E-state index is 13.8. The van der Waals surface area contributed by atoms with Gasteiger partial charge in [0.15, 0.2) is 0 Å². The molecule has 0 aliphatic heterocycles. The number of hydrogen-bond donors (Lipinski definition) is 0. The Balaban J connectivity index is 2.56. The first kappa shape index (κ1) is 11.2. The van der Waals surface area contributed by atoms with Crippen LogP contribution >= 0.6 is 0 Å². The molecule has 0 saturated heterocycles. The van der Waals surface area contributed by atoms with Gasteiger partial charge >= 0.3 is 0 Å². The second-order valence-corrected chi connectivity index (χ2v) is 3.51. The van der Waals surface area contributed by atoms with Crippen molar-refractivity contribution in [2.75, 3.05) is 7.11 Å². The number of ether oxygens (including phenoxy) is 1. The largest absolute Gasteiger partial charge is 0.496 e. The summed E-state index contributed by atoms with van der Waals surface area (Å²) in [6.07, 6.45) is 0. The Morgan fingerprint density at radius 1 is 1.12 bits per heavy atom. The predicted molar refractivity (Wildman–Crippen MR) is 63.1 cm³/mol. The van der Waals surface area contributed by atoms with Crippen LogP contribution in [0.5, 0.6) is 5.75 Å². The number of methoxy groups -OCH3 is 1. The van der Waals surface area contributed by atoms with Crippen molar-refractivity contribution in [1.82, 2.24) is 0 Å². The lowest BCUT2D eigenvalue weighted by Crippen LogP contribution is -1.91. The minimum absolute atomic E-state index is 0.339. The van der Waals surface area contributed by atoms with Gasteiger partial charge in [-0.1, -0.05) is 18.2 Å². The van der Waals surface area contributed by atoms with Gasteiger partial charge in [-0.3, -0.25) is 0 Å². The molecule has 3 heteroatoms. The smallest absolute Gasteiger partial charge is 0.134 e. The van der Waals surface area contributed by atoms with Crippen LogP contribution in [0.4, 0.5) is 4.39 Å². The van der Waals surface area contributed by atoms with Gasteiger partial charge in [-0.25, -0.2) is 4.39 Å². The Hall–Kier alpha value is -2.34. The first-order valence-electron chi connectivity index (χ1n) is 5.09. The minimum atomic E-state index is -0.339. The van der Waals surface area contributed by atoms with Gasteiger partial charge in [0.1, 0.15) is 11.6 Å². The van der Waals surface area contributed by atoms with Crippen molar-refractivity contribution in [2.45, 2.75) is 0 Å². The van der Waals surface area contributed by atoms with Crippen LogP contribution in [-0.4, -0.2) is 7.11 Å². The Morgan fingerprint density at radius 3 is 2.41 bits per heavy atom. The lowest BCUT2D eigenvalue weighted by atomic mass is 10.0. The molecule has 17 heavy (non-hydrogen) atoms. The maximum Gasteiger partial charge on any atom is 0.134 e. The molecule has 0 spiro atoms. The van der Waals surface area contributed by atoms with E-state index in [1.807, 2.05) is 6.07 Å². The van der Waals surface area contributed by atoms with Crippen LogP contribution in [-0.2, 0) is 0 Å². The van der Waals surface area contributed by atoms with Gasteiger partial charge in [-0.05, 0) is 29.8 Å². The normalized spacial score (nSPS) is 9.71. The van der Waals surface area contributed by atoms with Crippen LogP contribution in [0.1, 0.15) is 5.56 Å². The maximum atomic E-state index is 13.8. The summed E-state index contributed by atoms with van der Waals surface area (Å²) >= 11 is 0. The fourth-order valence-corrected chi connectivity index (χ4v) is 1.67. The van der Waals surface area contributed by atoms with Gasteiger partial charge < -0.3 is 4.74 Å². The van der Waals surface area contributed by atoms with Crippen LogP contribution < -0.4 is 4.74 Å². The van der Waals surface area contributed by atoms with E-state index < -0.39 is 0 Å². The third-order valence-corrected chi connectivity index (χ3v) is 2.50. The molecule has 0 aliphatic carbocycles. The van der Waals surface area contributed by atoms with Crippen molar-refractivity contribution in [3.8, 4) is 22.9 Å². The van der Waals surface area contributed by atoms with Crippen LogP contribution in [0.25, 0.3) is 11.1 Å². The molecule has 0 unspecified atom stereocenters. The van der Waals surface area contributed by atoms with Crippen LogP contribution in [0.2, 0.25) is 0 Å². The van der Waals surface area contributed by atoms with E-state index in [1.54, 1.807) is 36.4 Å². The van der Waals surface area contributed by atoms with E-state index in [0.29, 0.717) is 22.4 Å². The van der Waals surface area contributed by atoms with Gasteiger partial charge in [0.25, 0.3) is 0 Å². The molecule has 0 saturated carbocycles. The van der Waals surface area contributed by atoms with E-state index in [1.165, 1.54) is 13.2 Å². The van der Waals surface area contributed by atoms with Crippen molar-refractivity contribution < 1.29 is 9.13 Å². The number of nitriles is 1. The first-order valence-corrected chi connectivity index (χ1v) is 5.09. The summed E-state index contributed by atoms with van der Waals surface area (Å²) in [6.45, 7) is 0. The Bertz CT molecular complexity index is 570. The van der Waals surface area contributed by atoms with E-state index in [2.05, 4.69) is 0 Å². The SMILES string of the molecule is COc1cccc(F)c1-c1ccc(C#N)cc1. The summed E-state index contributed by atoms with van der Waals surface area (Å²) < 4.78 is 18.9. The topological polar surface area (TPSA) is 33.0 Å². The lowest BCUT2D eigenvalue weighted by molar-refractivity contribution is 0.413. The molecule has 84 valence electrons. The minimum Gasteiger partial charge on any atom is -0.496 e. The summed E-state index contributed by atoms with van der Waals surface area (Å²) in [5.74, 6) is 0.142. The average molecular weight is 227 g/mol. The molecule has 0 amide bonds. The van der Waals surface area contributed by atoms with Crippen LogP contribution in [0.15, 0.2) is 42.5 Å². The lowest BCUT2D eigenvalue weighted by Gasteiger charge is -2.09. The number of nitrogens with zero attached hydrogens (tertiary/aromatic N) is 1.